The smallest absolute Gasteiger partial charge is 0.265 e. The highest BCUT2D eigenvalue weighted by molar-refractivity contribution is 5.93. The van der Waals surface area contributed by atoms with Gasteiger partial charge in [-0.1, -0.05) is 0 Å². The van der Waals surface area contributed by atoms with Gasteiger partial charge < -0.3 is 5.32 Å². The fourth-order valence-corrected chi connectivity index (χ4v) is 1.59. The number of piperazine rings is 1. The van der Waals surface area contributed by atoms with Crippen LogP contribution in [0.1, 0.15) is 10.4 Å². The summed E-state index contributed by atoms with van der Waals surface area (Å²) >= 11 is 0. The molecule has 2 rings (SSSR count). The molecule has 1 heterocycles. The van der Waals surface area contributed by atoms with Gasteiger partial charge in [0, 0.05) is 31.7 Å². The highest BCUT2D eigenvalue weighted by Crippen LogP contribution is 2.02. The second kappa shape index (κ2) is 5.05. The van der Waals surface area contributed by atoms with E-state index < -0.39 is 0 Å². The molecule has 1 amide bonds. The number of rotatable bonds is 2. The van der Waals surface area contributed by atoms with Gasteiger partial charge in [0.1, 0.15) is 5.82 Å². The van der Waals surface area contributed by atoms with E-state index in [0.29, 0.717) is 5.56 Å². The first-order chi connectivity index (χ1) is 7.75. The molecule has 4 nitrogen and oxygen atoms in total. The van der Waals surface area contributed by atoms with Crippen molar-refractivity contribution in [2.45, 2.75) is 0 Å². The first kappa shape index (κ1) is 11.0. The highest BCUT2D eigenvalue weighted by Gasteiger charge is 2.13. The summed E-state index contributed by atoms with van der Waals surface area (Å²) in [4.78, 5) is 11.7. The third-order valence-electron chi connectivity index (χ3n) is 2.48. The third kappa shape index (κ3) is 2.77. The molecule has 86 valence electrons. The molecule has 1 aromatic rings. The van der Waals surface area contributed by atoms with E-state index >= 15 is 0 Å². The Morgan fingerprint density at radius 3 is 2.50 bits per heavy atom. The minimum absolute atomic E-state index is 0.193. The molecule has 5 heteroatoms. The summed E-state index contributed by atoms with van der Waals surface area (Å²) in [5.41, 5.74) is 3.26. The summed E-state index contributed by atoms with van der Waals surface area (Å²) in [5, 5.41) is 5.06. The number of hydrazine groups is 1. The second-order valence-electron chi connectivity index (χ2n) is 3.68. The largest absolute Gasteiger partial charge is 0.314 e. The zero-order valence-corrected chi connectivity index (χ0v) is 8.87. The van der Waals surface area contributed by atoms with Gasteiger partial charge in [-0.3, -0.25) is 10.2 Å². The monoisotopic (exact) mass is 223 g/mol. The summed E-state index contributed by atoms with van der Waals surface area (Å²) in [6, 6.07) is 5.53. The Hall–Kier alpha value is -1.46. The molecule has 1 aliphatic heterocycles. The van der Waals surface area contributed by atoms with Crippen LogP contribution in [0.25, 0.3) is 0 Å². The van der Waals surface area contributed by atoms with Gasteiger partial charge in [-0.2, -0.15) is 0 Å². The molecule has 1 aliphatic rings. The Kier molecular flexibility index (Phi) is 3.48. The van der Waals surface area contributed by atoms with Crippen LogP contribution in [0.3, 0.4) is 0 Å². The van der Waals surface area contributed by atoms with Crippen LogP contribution in [0, 0.1) is 5.82 Å². The molecule has 1 aromatic carbocycles. The van der Waals surface area contributed by atoms with Crippen molar-refractivity contribution in [3.05, 3.63) is 35.6 Å². The normalized spacial score (nSPS) is 17.1. The van der Waals surface area contributed by atoms with E-state index in [0.717, 1.165) is 26.2 Å². The quantitative estimate of drug-likeness (QED) is 0.761. The number of carbonyl (C=O) groups excluding carboxylic acids is 1. The molecule has 0 aliphatic carbocycles. The van der Waals surface area contributed by atoms with Crippen molar-refractivity contribution in [3.8, 4) is 0 Å². The van der Waals surface area contributed by atoms with Crippen LogP contribution >= 0.6 is 0 Å². The number of carbonyl (C=O) groups is 1. The van der Waals surface area contributed by atoms with E-state index in [-0.39, 0.29) is 11.7 Å². The van der Waals surface area contributed by atoms with Crippen molar-refractivity contribution < 1.29 is 9.18 Å². The van der Waals surface area contributed by atoms with Gasteiger partial charge in [-0.25, -0.2) is 9.40 Å². The van der Waals surface area contributed by atoms with Crippen LogP contribution in [-0.4, -0.2) is 37.1 Å². The van der Waals surface area contributed by atoms with Gasteiger partial charge in [0.25, 0.3) is 5.91 Å². The van der Waals surface area contributed by atoms with E-state index in [9.17, 15) is 9.18 Å². The van der Waals surface area contributed by atoms with Gasteiger partial charge >= 0.3 is 0 Å². The van der Waals surface area contributed by atoms with E-state index in [4.69, 9.17) is 0 Å². The molecule has 1 fully saturated rings. The first-order valence-electron chi connectivity index (χ1n) is 5.28. The summed E-state index contributed by atoms with van der Waals surface area (Å²) < 4.78 is 12.7. The van der Waals surface area contributed by atoms with Gasteiger partial charge in [0.2, 0.25) is 0 Å². The maximum absolute atomic E-state index is 12.7. The molecule has 0 radical (unpaired) electrons. The van der Waals surface area contributed by atoms with Crippen LogP contribution < -0.4 is 10.7 Å². The lowest BCUT2D eigenvalue weighted by atomic mass is 10.2. The van der Waals surface area contributed by atoms with Gasteiger partial charge in [0.05, 0.1) is 0 Å². The molecule has 0 spiro atoms. The van der Waals surface area contributed by atoms with Crippen LogP contribution in [0.15, 0.2) is 24.3 Å². The van der Waals surface area contributed by atoms with Crippen LogP contribution in [0.2, 0.25) is 0 Å². The Bertz CT molecular complexity index is 360. The second-order valence-corrected chi connectivity index (χ2v) is 3.68. The van der Waals surface area contributed by atoms with Crippen LogP contribution in [0.4, 0.5) is 4.39 Å². The van der Waals surface area contributed by atoms with Crippen molar-refractivity contribution in [2.24, 2.45) is 0 Å². The summed E-state index contributed by atoms with van der Waals surface area (Å²) in [6.07, 6.45) is 0. The minimum atomic E-state index is -0.335. The number of benzene rings is 1. The van der Waals surface area contributed by atoms with Crippen molar-refractivity contribution in [1.82, 2.24) is 15.8 Å². The average Bonchev–Trinajstić information content (AvgIpc) is 2.31. The number of hydrogen-bond donors (Lipinski definition) is 2. The lowest BCUT2D eigenvalue weighted by molar-refractivity contribution is 0.0765. The van der Waals surface area contributed by atoms with Crippen molar-refractivity contribution in [3.63, 3.8) is 0 Å². The fourth-order valence-electron chi connectivity index (χ4n) is 1.59. The molecule has 16 heavy (non-hydrogen) atoms. The predicted molar refractivity (Wildman–Crippen MR) is 58.3 cm³/mol. The number of halogens is 1. The zero-order chi connectivity index (χ0) is 11.4. The number of hydrogen-bond acceptors (Lipinski definition) is 3. The maximum atomic E-state index is 12.7. The Morgan fingerprint density at radius 1 is 1.25 bits per heavy atom. The van der Waals surface area contributed by atoms with Crippen molar-refractivity contribution in [1.29, 1.82) is 0 Å². The predicted octanol–water partition coefficient (Wildman–Crippen LogP) is 0.376. The molecule has 0 atom stereocenters. The number of nitrogens with zero attached hydrogens (tertiary/aromatic N) is 1. The fraction of sp³-hybridized carbons (Fsp3) is 0.364. The van der Waals surface area contributed by atoms with E-state index in [1.54, 1.807) is 0 Å². The average molecular weight is 223 g/mol. The molecular formula is C11H14FN3O. The molecule has 0 unspecified atom stereocenters. The Balaban J connectivity index is 1.94. The van der Waals surface area contributed by atoms with E-state index in [1.807, 2.05) is 5.01 Å². The Labute approximate surface area is 93.4 Å². The molecule has 2 N–H and O–H groups in total. The third-order valence-corrected chi connectivity index (χ3v) is 2.48. The SMILES string of the molecule is O=C(NN1CCNCC1)c1ccc(F)cc1. The van der Waals surface area contributed by atoms with Gasteiger partial charge in [0.15, 0.2) is 0 Å². The molecular weight excluding hydrogens is 209 g/mol. The van der Waals surface area contributed by atoms with E-state index in [2.05, 4.69) is 10.7 Å². The standard InChI is InChI=1S/C11H14FN3O/c12-10-3-1-9(2-4-10)11(16)14-15-7-5-13-6-8-15/h1-4,13H,5-8H2,(H,14,16). The van der Waals surface area contributed by atoms with E-state index in [1.165, 1.54) is 24.3 Å². The van der Waals surface area contributed by atoms with Crippen LogP contribution in [-0.2, 0) is 0 Å². The lowest BCUT2D eigenvalue weighted by Gasteiger charge is -2.27. The van der Waals surface area contributed by atoms with Crippen molar-refractivity contribution in [2.75, 3.05) is 26.2 Å². The zero-order valence-electron chi connectivity index (χ0n) is 8.87. The molecule has 0 saturated carbocycles. The Morgan fingerprint density at radius 2 is 1.88 bits per heavy atom. The maximum Gasteiger partial charge on any atom is 0.265 e. The topological polar surface area (TPSA) is 44.4 Å². The summed E-state index contributed by atoms with van der Waals surface area (Å²) in [7, 11) is 0. The van der Waals surface area contributed by atoms with Gasteiger partial charge in [-0.05, 0) is 24.3 Å². The highest BCUT2D eigenvalue weighted by atomic mass is 19.1. The van der Waals surface area contributed by atoms with Crippen molar-refractivity contribution >= 4 is 5.91 Å². The van der Waals surface area contributed by atoms with Crippen LogP contribution in [0.5, 0.6) is 0 Å². The first-order valence-corrected chi connectivity index (χ1v) is 5.28. The van der Waals surface area contributed by atoms with Gasteiger partial charge in [-0.15, -0.1) is 0 Å². The molecule has 1 saturated heterocycles. The summed E-state index contributed by atoms with van der Waals surface area (Å²) in [6.45, 7) is 3.30. The number of amides is 1. The lowest BCUT2D eigenvalue weighted by Crippen LogP contribution is -2.52. The number of nitrogens with one attached hydrogen (secondary N) is 2. The minimum Gasteiger partial charge on any atom is -0.314 e. The summed E-state index contributed by atoms with van der Waals surface area (Å²) in [5.74, 6) is -0.527. The molecule has 0 aromatic heterocycles. The molecule has 0 bridgehead atoms.